The van der Waals surface area contributed by atoms with Gasteiger partial charge in [0, 0.05) is 29.0 Å². The molecule has 1 aliphatic heterocycles. The molecule has 12 heteroatoms. The highest BCUT2D eigenvalue weighted by Crippen LogP contribution is 2.46. The SMILES string of the molecule is O=C(O)c1cccc(C2=NOC(c3ccc(OCc4c(-c5ccccc5OC(F)(F)F)noc4C4CC4)cc3Cl)C2)c1. The topological polar surface area (TPSA) is 103 Å². The third-order valence-corrected chi connectivity index (χ3v) is 7.28. The summed E-state index contributed by atoms with van der Waals surface area (Å²) in [4.78, 5) is 16.9. The second kappa shape index (κ2) is 11.1. The van der Waals surface area contributed by atoms with E-state index in [2.05, 4.69) is 15.0 Å². The number of benzene rings is 3. The van der Waals surface area contributed by atoms with Gasteiger partial charge in [0.05, 0.1) is 21.9 Å². The number of aromatic carboxylic acids is 1. The number of para-hydroxylation sites is 1. The summed E-state index contributed by atoms with van der Waals surface area (Å²) in [6.07, 6.45) is -3.20. The molecule has 216 valence electrons. The molecule has 0 spiro atoms. The number of carbonyl (C=O) groups is 1. The molecule has 1 N–H and O–H groups in total. The summed E-state index contributed by atoms with van der Waals surface area (Å²) in [7, 11) is 0. The van der Waals surface area contributed by atoms with E-state index in [1.165, 1.54) is 30.3 Å². The second-order valence-corrected chi connectivity index (χ2v) is 10.3. The van der Waals surface area contributed by atoms with E-state index < -0.39 is 18.4 Å². The fourth-order valence-corrected chi connectivity index (χ4v) is 5.07. The molecule has 4 aromatic rings. The van der Waals surface area contributed by atoms with E-state index in [4.69, 9.17) is 25.7 Å². The van der Waals surface area contributed by atoms with E-state index in [1.54, 1.807) is 36.4 Å². The molecule has 2 aliphatic rings. The lowest BCUT2D eigenvalue weighted by molar-refractivity contribution is -0.274. The van der Waals surface area contributed by atoms with E-state index in [0.29, 0.717) is 45.4 Å². The largest absolute Gasteiger partial charge is 0.573 e. The first-order valence-electron chi connectivity index (χ1n) is 13.0. The maximum atomic E-state index is 13.0. The molecule has 1 atom stereocenters. The number of carboxylic acids is 1. The number of hydrogen-bond donors (Lipinski definition) is 1. The third kappa shape index (κ3) is 5.91. The Bertz CT molecular complexity index is 1680. The van der Waals surface area contributed by atoms with Gasteiger partial charge in [0.1, 0.15) is 29.6 Å². The van der Waals surface area contributed by atoms with Crippen LogP contribution in [0, 0.1) is 0 Å². The molecule has 0 bridgehead atoms. The van der Waals surface area contributed by atoms with Crippen molar-refractivity contribution in [2.75, 3.05) is 0 Å². The number of hydrogen-bond acceptors (Lipinski definition) is 7. The maximum absolute atomic E-state index is 13.0. The number of nitrogens with zero attached hydrogens (tertiary/aromatic N) is 2. The summed E-state index contributed by atoms with van der Waals surface area (Å²) < 4.78 is 55.0. The number of rotatable bonds is 9. The second-order valence-electron chi connectivity index (χ2n) is 9.89. The van der Waals surface area contributed by atoms with Gasteiger partial charge in [-0.1, -0.05) is 52.2 Å². The van der Waals surface area contributed by atoms with Crippen molar-refractivity contribution in [1.82, 2.24) is 5.16 Å². The van der Waals surface area contributed by atoms with Crippen LogP contribution in [0.5, 0.6) is 11.5 Å². The molecule has 0 radical (unpaired) electrons. The highest BCUT2D eigenvalue weighted by Gasteiger charge is 2.36. The molecule has 6 rings (SSSR count). The first-order valence-corrected chi connectivity index (χ1v) is 13.4. The Kier molecular flexibility index (Phi) is 7.28. The van der Waals surface area contributed by atoms with E-state index in [9.17, 15) is 23.1 Å². The minimum absolute atomic E-state index is 0.0200. The average molecular weight is 599 g/mol. The maximum Gasteiger partial charge on any atom is 0.573 e. The molecule has 3 aromatic carbocycles. The van der Waals surface area contributed by atoms with Crippen molar-refractivity contribution in [2.45, 2.75) is 44.3 Å². The highest BCUT2D eigenvalue weighted by molar-refractivity contribution is 6.31. The smallest absolute Gasteiger partial charge is 0.489 e. The molecule has 42 heavy (non-hydrogen) atoms. The normalized spacial score (nSPS) is 16.6. The van der Waals surface area contributed by atoms with Crippen molar-refractivity contribution >= 4 is 23.3 Å². The van der Waals surface area contributed by atoms with Crippen LogP contribution in [0.3, 0.4) is 0 Å². The van der Waals surface area contributed by atoms with Crippen LogP contribution in [0.2, 0.25) is 5.02 Å². The van der Waals surface area contributed by atoms with Crippen LogP contribution < -0.4 is 9.47 Å². The number of aromatic nitrogens is 1. The van der Waals surface area contributed by atoms with Crippen molar-refractivity contribution in [2.24, 2.45) is 5.16 Å². The lowest BCUT2D eigenvalue weighted by Crippen LogP contribution is -2.17. The van der Waals surface area contributed by atoms with Gasteiger partial charge in [0.15, 0.2) is 6.10 Å². The van der Waals surface area contributed by atoms with Gasteiger partial charge in [0.25, 0.3) is 0 Å². The number of ether oxygens (including phenoxy) is 2. The molecule has 0 amide bonds. The van der Waals surface area contributed by atoms with Gasteiger partial charge in [-0.15, -0.1) is 13.2 Å². The molecule has 1 fully saturated rings. The Hall–Kier alpha value is -4.51. The summed E-state index contributed by atoms with van der Waals surface area (Å²) in [6.45, 7) is -0.0200. The number of carboxylic acid groups (broad SMARTS) is 1. The zero-order valence-corrected chi connectivity index (χ0v) is 22.5. The van der Waals surface area contributed by atoms with Gasteiger partial charge < -0.3 is 23.9 Å². The Labute approximate surface area is 242 Å². The Balaban J connectivity index is 1.19. The Morgan fingerprint density at radius 3 is 2.62 bits per heavy atom. The summed E-state index contributed by atoms with van der Waals surface area (Å²) in [6, 6.07) is 17.3. The molecule has 0 saturated heterocycles. The summed E-state index contributed by atoms with van der Waals surface area (Å²) in [5.41, 5.74) is 2.95. The summed E-state index contributed by atoms with van der Waals surface area (Å²) in [5.74, 6) is -0.303. The number of oxime groups is 1. The van der Waals surface area contributed by atoms with Crippen molar-refractivity contribution < 1.29 is 41.9 Å². The fraction of sp³-hybridized carbons (Fsp3) is 0.233. The molecule has 2 heterocycles. The number of alkyl halides is 3. The molecule has 1 aromatic heterocycles. The average Bonchev–Trinajstić information content (AvgIpc) is 3.52. The zero-order valence-electron chi connectivity index (χ0n) is 21.7. The Morgan fingerprint density at radius 2 is 1.88 bits per heavy atom. The molecular weight excluding hydrogens is 577 g/mol. The lowest BCUT2D eigenvalue weighted by Gasteiger charge is -2.14. The molecule has 1 saturated carbocycles. The third-order valence-electron chi connectivity index (χ3n) is 6.95. The highest BCUT2D eigenvalue weighted by atomic mass is 35.5. The van der Waals surface area contributed by atoms with Crippen LogP contribution in [-0.4, -0.2) is 28.3 Å². The Morgan fingerprint density at radius 1 is 1.07 bits per heavy atom. The summed E-state index contributed by atoms with van der Waals surface area (Å²) in [5, 5.41) is 17.9. The molecule has 8 nitrogen and oxygen atoms in total. The zero-order chi connectivity index (χ0) is 29.4. The van der Waals surface area contributed by atoms with Crippen LogP contribution in [-0.2, 0) is 11.4 Å². The van der Waals surface area contributed by atoms with Gasteiger partial charge in [-0.2, -0.15) is 0 Å². The molecule has 1 aliphatic carbocycles. The first kappa shape index (κ1) is 27.6. The van der Waals surface area contributed by atoms with Gasteiger partial charge in [-0.25, -0.2) is 4.79 Å². The van der Waals surface area contributed by atoms with Gasteiger partial charge in [0.2, 0.25) is 0 Å². The fourth-order valence-electron chi connectivity index (χ4n) is 4.78. The van der Waals surface area contributed by atoms with Gasteiger partial charge in [-0.3, -0.25) is 0 Å². The van der Waals surface area contributed by atoms with Gasteiger partial charge in [-0.05, 0) is 49.2 Å². The summed E-state index contributed by atoms with van der Waals surface area (Å²) >= 11 is 6.59. The first-order chi connectivity index (χ1) is 20.2. The van der Waals surface area contributed by atoms with Crippen molar-refractivity contribution in [3.05, 3.63) is 99.8 Å². The van der Waals surface area contributed by atoms with Gasteiger partial charge >= 0.3 is 12.3 Å². The van der Waals surface area contributed by atoms with Crippen molar-refractivity contribution in [1.29, 1.82) is 0 Å². The predicted octanol–water partition coefficient (Wildman–Crippen LogP) is 7.91. The van der Waals surface area contributed by atoms with Crippen LogP contribution in [0.1, 0.15) is 64.1 Å². The number of halogens is 4. The minimum atomic E-state index is -4.87. The molecular formula is C30H22ClF3N2O6. The van der Waals surface area contributed by atoms with Crippen LogP contribution in [0.4, 0.5) is 13.2 Å². The van der Waals surface area contributed by atoms with E-state index in [-0.39, 0.29) is 35.1 Å². The van der Waals surface area contributed by atoms with Crippen molar-refractivity contribution in [3.8, 4) is 22.8 Å². The quantitative estimate of drug-likeness (QED) is 0.209. The van der Waals surface area contributed by atoms with Crippen molar-refractivity contribution in [3.63, 3.8) is 0 Å². The standard InChI is InChI=1S/C30H22ClF3N2O6/c31-23-13-19(10-11-20(23)26-14-24(35-41-26)17-4-3-5-18(12-17)29(37)38)39-15-22-27(36-42-28(22)16-8-9-16)21-6-1-2-7-25(21)40-30(32,33)34/h1-7,10-13,16,26H,8-9,14-15H2,(H,37,38). The lowest BCUT2D eigenvalue weighted by atomic mass is 9.99. The van der Waals surface area contributed by atoms with Crippen LogP contribution >= 0.6 is 11.6 Å². The van der Waals surface area contributed by atoms with Crippen LogP contribution in [0.25, 0.3) is 11.3 Å². The van der Waals surface area contributed by atoms with Crippen LogP contribution in [0.15, 0.2) is 76.4 Å². The molecule has 1 unspecified atom stereocenters. The monoisotopic (exact) mass is 598 g/mol. The van der Waals surface area contributed by atoms with E-state index in [1.807, 2.05) is 0 Å². The van der Waals surface area contributed by atoms with E-state index in [0.717, 1.165) is 12.8 Å². The minimum Gasteiger partial charge on any atom is -0.489 e. The van der Waals surface area contributed by atoms with E-state index >= 15 is 0 Å². The predicted molar refractivity (Wildman–Crippen MR) is 145 cm³/mol.